The molecule has 0 atom stereocenters. The molecule has 4 heterocycles. The lowest BCUT2D eigenvalue weighted by Crippen LogP contribution is -2.49. The van der Waals surface area contributed by atoms with E-state index in [0.717, 1.165) is 54.5 Å². The van der Waals surface area contributed by atoms with Gasteiger partial charge in [0.15, 0.2) is 0 Å². The summed E-state index contributed by atoms with van der Waals surface area (Å²) in [5.41, 5.74) is 3.53. The highest BCUT2D eigenvalue weighted by molar-refractivity contribution is 7.90. The van der Waals surface area contributed by atoms with Crippen molar-refractivity contribution in [3.8, 4) is 0 Å². The minimum atomic E-state index is -3.07. The van der Waals surface area contributed by atoms with Crippen molar-refractivity contribution in [1.29, 1.82) is 0 Å². The maximum Gasteiger partial charge on any atom is 0.277 e. The molecule has 1 aliphatic carbocycles. The number of hydrogen-bond acceptors (Lipinski definition) is 7. The number of carbonyl (C=O) groups excluding carboxylic acids is 1. The van der Waals surface area contributed by atoms with Crippen LogP contribution in [0.15, 0.2) is 17.1 Å². The van der Waals surface area contributed by atoms with Crippen LogP contribution in [-0.2, 0) is 21.9 Å². The first-order chi connectivity index (χ1) is 15.2. The second-order valence-corrected chi connectivity index (χ2v) is 11.4. The maximum absolute atomic E-state index is 13.7. The van der Waals surface area contributed by atoms with Gasteiger partial charge in [-0.3, -0.25) is 14.2 Å². The van der Waals surface area contributed by atoms with Crippen molar-refractivity contribution in [2.24, 2.45) is 0 Å². The zero-order valence-corrected chi connectivity index (χ0v) is 19.1. The van der Waals surface area contributed by atoms with E-state index in [1.54, 1.807) is 16.8 Å². The number of aromatic nitrogens is 2. The molecule has 1 fully saturated rings. The highest BCUT2D eigenvalue weighted by Gasteiger charge is 2.46. The molecule has 0 aromatic carbocycles. The van der Waals surface area contributed by atoms with Crippen molar-refractivity contribution in [3.05, 3.63) is 45.0 Å². The molecule has 3 N–H and O–H groups in total. The second kappa shape index (κ2) is 7.33. The standard InChI is InChI=1S/C22H27N5O4S/c1-13-15-10-14-12-24-17(23-8-9-32(2,30)31)11-16(14)25-18(15)21(29)27-19(13)20(28)26-22(27)6-4-3-5-7-22/h11-12,25H,3-10H2,1-2H3,(H,23,24)(H,26,28). The number of pyridine rings is 2. The maximum atomic E-state index is 13.7. The molecule has 1 saturated carbocycles. The monoisotopic (exact) mass is 457 g/mol. The Balaban J connectivity index is 1.52. The van der Waals surface area contributed by atoms with Gasteiger partial charge < -0.3 is 16.0 Å². The average molecular weight is 458 g/mol. The van der Waals surface area contributed by atoms with Gasteiger partial charge in [-0.25, -0.2) is 13.4 Å². The second-order valence-electron chi connectivity index (χ2n) is 9.10. The van der Waals surface area contributed by atoms with Crippen LogP contribution in [0.25, 0.3) is 0 Å². The molecule has 0 saturated heterocycles. The van der Waals surface area contributed by atoms with Crippen molar-refractivity contribution in [2.75, 3.05) is 29.2 Å². The summed E-state index contributed by atoms with van der Waals surface area (Å²) in [5.74, 6) is 0.387. The van der Waals surface area contributed by atoms with E-state index in [2.05, 4.69) is 20.9 Å². The molecule has 2 aromatic rings. The highest BCUT2D eigenvalue weighted by atomic mass is 32.2. The van der Waals surface area contributed by atoms with Crippen LogP contribution in [0.1, 0.15) is 59.3 Å². The quantitative estimate of drug-likeness (QED) is 0.548. The van der Waals surface area contributed by atoms with Crippen LogP contribution in [0.5, 0.6) is 0 Å². The van der Waals surface area contributed by atoms with Gasteiger partial charge in [-0.05, 0) is 49.3 Å². The lowest BCUT2D eigenvalue weighted by Gasteiger charge is -2.36. The number of fused-ring (bicyclic) bond motifs is 4. The van der Waals surface area contributed by atoms with Crippen LogP contribution in [0.2, 0.25) is 0 Å². The van der Waals surface area contributed by atoms with E-state index in [4.69, 9.17) is 0 Å². The van der Waals surface area contributed by atoms with Gasteiger partial charge in [-0.1, -0.05) is 6.42 Å². The molecule has 5 rings (SSSR count). The van der Waals surface area contributed by atoms with Crippen molar-refractivity contribution in [2.45, 2.75) is 51.1 Å². The van der Waals surface area contributed by atoms with Gasteiger partial charge in [0.2, 0.25) is 0 Å². The lowest BCUT2D eigenvalue weighted by molar-refractivity contribution is 0.0876. The van der Waals surface area contributed by atoms with Crippen LogP contribution in [-0.4, -0.2) is 42.4 Å². The minimum absolute atomic E-state index is 0.0117. The Bertz CT molecular complexity index is 1290. The molecule has 2 aliphatic heterocycles. The Morgan fingerprint density at radius 3 is 2.69 bits per heavy atom. The summed E-state index contributed by atoms with van der Waals surface area (Å²) in [7, 11) is -3.07. The number of amides is 1. The van der Waals surface area contributed by atoms with Gasteiger partial charge in [0.25, 0.3) is 11.5 Å². The van der Waals surface area contributed by atoms with Gasteiger partial charge in [0.05, 0.1) is 5.75 Å². The molecule has 9 nitrogen and oxygen atoms in total. The fraction of sp³-hybridized carbons (Fsp3) is 0.500. The van der Waals surface area contributed by atoms with Crippen LogP contribution in [0, 0.1) is 6.92 Å². The van der Waals surface area contributed by atoms with E-state index in [1.165, 1.54) is 6.26 Å². The number of carbonyl (C=O) groups is 1. The van der Waals surface area contributed by atoms with Gasteiger partial charge >= 0.3 is 0 Å². The number of rotatable bonds is 4. The topological polar surface area (TPSA) is 122 Å². The molecule has 1 spiro atoms. The van der Waals surface area contributed by atoms with Crippen molar-refractivity contribution < 1.29 is 13.2 Å². The Labute approximate surface area is 186 Å². The summed E-state index contributed by atoms with van der Waals surface area (Å²) in [6.45, 7) is 2.17. The molecule has 0 radical (unpaired) electrons. The predicted octanol–water partition coefficient (Wildman–Crippen LogP) is 2.02. The van der Waals surface area contributed by atoms with Gasteiger partial charge in [0, 0.05) is 37.2 Å². The number of nitrogens with zero attached hydrogens (tertiary/aromatic N) is 2. The van der Waals surface area contributed by atoms with E-state index in [1.807, 2.05) is 6.92 Å². The lowest BCUT2D eigenvalue weighted by atomic mass is 9.88. The van der Waals surface area contributed by atoms with Gasteiger partial charge in [-0.2, -0.15) is 0 Å². The van der Waals surface area contributed by atoms with E-state index in [9.17, 15) is 18.0 Å². The number of anilines is 3. The van der Waals surface area contributed by atoms with Crippen LogP contribution in [0.4, 0.5) is 17.2 Å². The summed E-state index contributed by atoms with van der Waals surface area (Å²) < 4.78 is 24.4. The highest BCUT2D eigenvalue weighted by Crippen LogP contribution is 2.41. The van der Waals surface area contributed by atoms with Crippen LogP contribution in [0.3, 0.4) is 0 Å². The number of sulfone groups is 1. The van der Waals surface area contributed by atoms with Crippen molar-refractivity contribution >= 4 is 32.9 Å². The molecule has 32 heavy (non-hydrogen) atoms. The van der Waals surface area contributed by atoms with Crippen molar-refractivity contribution in [1.82, 2.24) is 14.9 Å². The first kappa shape index (κ1) is 21.0. The van der Waals surface area contributed by atoms with Crippen LogP contribution >= 0.6 is 0 Å². The van der Waals surface area contributed by atoms with Gasteiger partial charge in [-0.15, -0.1) is 0 Å². The largest absolute Gasteiger partial charge is 0.369 e. The Hall–Kier alpha value is -2.88. The molecule has 0 bridgehead atoms. The molecular weight excluding hydrogens is 430 g/mol. The molecule has 3 aliphatic rings. The molecule has 170 valence electrons. The fourth-order valence-electron chi connectivity index (χ4n) is 5.21. The third-order valence-electron chi connectivity index (χ3n) is 6.81. The Morgan fingerprint density at radius 2 is 1.97 bits per heavy atom. The van der Waals surface area contributed by atoms with E-state index in [-0.39, 0.29) is 23.8 Å². The van der Waals surface area contributed by atoms with E-state index in [0.29, 0.717) is 23.6 Å². The molecule has 1 amide bonds. The normalized spacial score (nSPS) is 18.4. The summed E-state index contributed by atoms with van der Waals surface area (Å²) in [6.07, 6.45) is 8.02. The van der Waals surface area contributed by atoms with Crippen molar-refractivity contribution in [3.63, 3.8) is 0 Å². The third-order valence-corrected chi connectivity index (χ3v) is 7.76. The number of hydrogen-bond donors (Lipinski definition) is 3. The minimum Gasteiger partial charge on any atom is -0.369 e. The SMILES string of the molecule is Cc1c2c(c(=O)n3c1C(=O)NC31CCCCC1)Nc1cc(NCCS(C)(=O)=O)ncc1C2. The van der Waals surface area contributed by atoms with Gasteiger partial charge in [0.1, 0.15) is 32.7 Å². The van der Waals surface area contributed by atoms with E-state index < -0.39 is 15.5 Å². The summed E-state index contributed by atoms with van der Waals surface area (Å²) >= 11 is 0. The number of nitrogens with one attached hydrogen (secondary N) is 3. The fourth-order valence-corrected chi connectivity index (χ4v) is 5.68. The molecule has 0 unspecified atom stereocenters. The first-order valence-corrected chi connectivity index (χ1v) is 13.0. The molecular formula is C22H27N5O4S. The third kappa shape index (κ3) is 3.37. The Morgan fingerprint density at radius 1 is 1.22 bits per heavy atom. The molecule has 2 aromatic heterocycles. The van der Waals surface area contributed by atoms with E-state index >= 15 is 0 Å². The summed E-state index contributed by atoms with van der Waals surface area (Å²) in [6, 6.07) is 1.80. The summed E-state index contributed by atoms with van der Waals surface area (Å²) in [5, 5.41) is 9.45. The summed E-state index contributed by atoms with van der Waals surface area (Å²) in [4.78, 5) is 31.0. The van der Waals surface area contributed by atoms with Crippen LogP contribution < -0.4 is 21.5 Å². The molecule has 10 heteroatoms. The predicted molar refractivity (Wildman–Crippen MR) is 122 cm³/mol. The average Bonchev–Trinajstić information content (AvgIpc) is 3.02. The zero-order valence-electron chi connectivity index (χ0n) is 18.2. The smallest absolute Gasteiger partial charge is 0.277 e. The Kier molecular flexibility index (Phi) is 4.81. The first-order valence-electron chi connectivity index (χ1n) is 11.0. The zero-order chi connectivity index (χ0) is 22.7.